The summed E-state index contributed by atoms with van der Waals surface area (Å²) in [5.41, 5.74) is 3.17. The van der Waals surface area contributed by atoms with E-state index in [-0.39, 0.29) is 11.3 Å². The fraction of sp³-hybridized carbons (Fsp3) is 0. The van der Waals surface area contributed by atoms with Crippen LogP contribution in [0, 0.1) is 10.1 Å². The molecule has 0 fully saturated rings. The minimum Gasteiger partial charge on any atom is -0.323 e. The number of nitrogens with two attached hydrogens (primary N) is 1. The van der Waals surface area contributed by atoms with Gasteiger partial charge in [0, 0.05) is 17.8 Å². The molecule has 7 heteroatoms. The molecule has 0 spiro atoms. The van der Waals surface area contributed by atoms with Crippen LogP contribution >= 0.6 is 0 Å². The van der Waals surface area contributed by atoms with Gasteiger partial charge in [-0.05, 0) is 18.2 Å². The van der Waals surface area contributed by atoms with Gasteiger partial charge in [-0.2, -0.15) is 0 Å². The first-order valence-electron chi connectivity index (χ1n) is 5.73. The van der Waals surface area contributed by atoms with Crippen LogP contribution in [0.5, 0.6) is 0 Å². The Kier molecular flexibility index (Phi) is 3.92. The van der Waals surface area contributed by atoms with Crippen molar-refractivity contribution < 1.29 is 9.72 Å². The van der Waals surface area contributed by atoms with E-state index in [2.05, 4.69) is 10.7 Å². The molecule has 0 aliphatic rings. The largest absolute Gasteiger partial charge is 0.323 e. The third kappa shape index (κ3) is 2.90. The van der Waals surface area contributed by atoms with Crippen molar-refractivity contribution in [1.29, 1.82) is 0 Å². The molecule has 2 rings (SSSR count). The first-order chi connectivity index (χ1) is 9.61. The fourth-order valence-electron chi connectivity index (χ4n) is 1.68. The van der Waals surface area contributed by atoms with E-state index in [0.29, 0.717) is 11.4 Å². The summed E-state index contributed by atoms with van der Waals surface area (Å²) in [4.78, 5) is 22.3. The molecule has 0 heterocycles. The predicted octanol–water partition coefficient (Wildman–Crippen LogP) is 2.13. The number of nitro groups is 1. The highest BCUT2D eigenvalue weighted by molar-refractivity contribution is 6.08. The summed E-state index contributed by atoms with van der Waals surface area (Å²) in [6, 6.07) is 12.6. The quantitative estimate of drug-likeness (QED) is 0.448. The highest BCUT2D eigenvalue weighted by Crippen LogP contribution is 2.22. The zero-order chi connectivity index (χ0) is 14.5. The van der Waals surface area contributed by atoms with Crippen LogP contribution in [0.4, 0.5) is 17.1 Å². The van der Waals surface area contributed by atoms with Crippen LogP contribution in [0.15, 0.2) is 48.5 Å². The molecule has 0 saturated heterocycles. The molecule has 0 aliphatic heterocycles. The lowest BCUT2D eigenvalue weighted by Gasteiger charge is -2.09. The van der Waals surface area contributed by atoms with E-state index in [4.69, 9.17) is 5.84 Å². The maximum absolute atomic E-state index is 12.1. The molecule has 7 nitrogen and oxygen atoms in total. The van der Waals surface area contributed by atoms with Gasteiger partial charge >= 0.3 is 0 Å². The second-order valence-corrected chi connectivity index (χ2v) is 3.95. The van der Waals surface area contributed by atoms with Gasteiger partial charge in [-0.1, -0.05) is 18.2 Å². The number of nitro benzene ring substituents is 1. The number of anilines is 2. The van der Waals surface area contributed by atoms with Crippen LogP contribution in [0.1, 0.15) is 10.4 Å². The van der Waals surface area contributed by atoms with Crippen LogP contribution in [0.25, 0.3) is 0 Å². The van der Waals surface area contributed by atoms with Crippen LogP contribution in [0.3, 0.4) is 0 Å². The predicted molar refractivity (Wildman–Crippen MR) is 75.3 cm³/mol. The molecule has 0 saturated carbocycles. The average molecular weight is 272 g/mol. The molecule has 0 aromatic heterocycles. The number of nitrogens with zero attached hydrogens (tertiary/aromatic N) is 1. The number of hydrogen-bond acceptors (Lipinski definition) is 5. The van der Waals surface area contributed by atoms with Crippen molar-refractivity contribution >= 4 is 23.0 Å². The normalized spacial score (nSPS) is 9.85. The molecule has 4 N–H and O–H groups in total. The molecule has 0 aliphatic carbocycles. The number of carbonyl (C=O) groups is 1. The van der Waals surface area contributed by atoms with E-state index in [0.717, 1.165) is 0 Å². The van der Waals surface area contributed by atoms with Crippen molar-refractivity contribution in [2.75, 3.05) is 10.7 Å². The first kappa shape index (κ1) is 13.5. The molecule has 0 bridgehead atoms. The van der Waals surface area contributed by atoms with Gasteiger partial charge in [0.2, 0.25) is 0 Å². The molecule has 0 radical (unpaired) electrons. The number of amides is 1. The van der Waals surface area contributed by atoms with Gasteiger partial charge < -0.3 is 10.7 Å². The maximum Gasteiger partial charge on any atom is 0.270 e. The number of hydrazine groups is 1. The zero-order valence-electron chi connectivity index (χ0n) is 10.4. The van der Waals surface area contributed by atoms with E-state index in [9.17, 15) is 14.9 Å². The van der Waals surface area contributed by atoms with Crippen molar-refractivity contribution in [1.82, 2.24) is 0 Å². The molecule has 102 valence electrons. The Morgan fingerprint density at radius 1 is 1.15 bits per heavy atom. The van der Waals surface area contributed by atoms with E-state index >= 15 is 0 Å². The van der Waals surface area contributed by atoms with Gasteiger partial charge in [-0.15, -0.1) is 0 Å². The van der Waals surface area contributed by atoms with Crippen molar-refractivity contribution in [2.24, 2.45) is 5.84 Å². The number of nitrogens with one attached hydrogen (secondary N) is 2. The first-order valence-corrected chi connectivity index (χ1v) is 5.73. The smallest absolute Gasteiger partial charge is 0.270 e. The third-order valence-electron chi connectivity index (χ3n) is 2.65. The lowest BCUT2D eigenvalue weighted by atomic mass is 10.1. The van der Waals surface area contributed by atoms with Gasteiger partial charge in [-0.3, -0.25) is 20.8 Å². The highest BCUT2D eigenvalue weighted by Gasteiger charge is 2.16. The Morgan fingerprint density at radius 3 is 2.45 bits per heavy atom. The molecule has 20 heavy (non-hydrogen) atoms. The van der Waals surface area contributed by atoms with E-state index in [1.165, 1.54) is 18.2 Å². The summed E-state index contributed by atoms with van der Waals surface area (Å²) in [6.45, 7) is 0. The van der Waals surface area contributed by atoms with Gasteiger partial charge in [0.25, 0.3) is 11.6 Å². The van der Waals surface area contributed by atoms with E-state index in [1.54, 1.807) is 24.3 Å². The van der Waals surface area contributed by atoms with Gasteiger partial charge in [0.05, 0.1) is 16.2 Å². The summed E-state index contributed by atoms with van der Waals surface area (Å²) in [5, 5.41) is 13.4. The minimum atomic E-state index is -0.570. The SMILES string of the molecule is NNc1ccc([N+](=O)[O-])cc1C(=O)Nc1ccccc1. The Labute approximate surface area is 114 Å². The summed E-state index contributed by atoms with van der Waals surface area (Å²) in [5.74, 6) is 4.83. The second-order valence-electron chi connectivity index (χ2n) is 3.95. The van der Waals surface area contributed by atoms with Gasteiger partial charge in [0.15, 0.2) is 0 Å². The summed E-state index contributed by atoms with van der Waals surface area (Å²) in [6.07, 6.45) is 0. The standard InChI is InChI=1S/C13H12N4O3/c14-16-12-7-6-10(17(19)20)8-11(12)13(18)15-9-4-2-1-3-5-9/h1-8,16H,14H2,(H,15,18). The Hall–Kier alpha value is -2.93. The van der Waals surface area contributed by atoms with Crippen LogP contribution in [0.2, 0.25) is 0 Å². The lowest BCUT2D eigenvalue weighted by Crippen LogP contribution is -2.17. The third-order valence-corrected chi connectivity index (χ3v) is 2.65. The lowest BCUT2D eigenvalue weighted by molar-refractivity contribution is -0.384. The maximum atomic E-state index is 12.1. The van der Waals surface area contributed by atoms with Crippen molar-refractivity contribution in [3.05, 3.63) is 64.2 Å². The molecule has 2 aromatic rings. The second kappa shape index (κ2) is 5.81. The molecule has 1 amide bonds. The van der Waals surface area contributed by atoms with Crippen LogP contribution in [-0.4, -0.2) is 10.8 Å². The molecule has 0 unspecified atom stereocenters. The van der Waals surface area contributed by atoms with Crippen LogP contribution < -0.4 is 16.6 Å². The molecular weight excluding hydrogens is 260 g/mol. The molecule has 2 aromatic carbocycles. The monoisotopic (exact) mass is 272 g/mol. The van der Waals surface area contributed by atoms with Crippen molar-refractivity contribution in [2.45, 2.75) is 0 Å². The Bertz CT molecular complexity index is 643. The topological polar surface area (TPSA) is 110 Å². The fourth-order valence-corrected chi connectivity index (χ4v) is 1.68. The summed E-state index contributed by atoms with van der Waals surface area (Å²) >= 11 is 0. The van der Waals surface area contributed by atoms with E-state index < -0.39 is 10.8 Å². The Balaban J connectivity index is 2.32. The number of carbonyl (C=O) groups excluding carboxylic acids is 1. The van der Waals surface area contributed by atoms with E-state index in [1.807, 2.05) is 6.07 Å². The number of rotatable bonds is 4. The number of nitrogen functional groups attached to an aromatic ring is 1. The number of hydrogen-bond donors (Lipinski definition) is 3. The molecular formula is C13H12N4O3. The number of non-ortho nitro benzene ring substituents is 1. The average Bonchev–Trinajstić information content (AvgIpc) is 2.47. The number of benzene rings is 2. The summed E-state index contributed by atoms with van der Waals surface area (Å²) in [7, 11) is 0. The van der Waals surface area contributed by atoms with Gasteiger partial charge in [0.1, 0.15) is 0 Å². The molecule has 0 atom stereocenters. The minimum absolute atomic E-state index is 0.102. The zero-order valence-corrected chi connectivity index (χ0v) is 10.4. The van der Waals surface area contributed by atoms with Crippen molar-refractivity contribution in [3.63, 3.8) is 0 Å². The summed E-state index contributed by atoms with van der Waals surface area (Å²) < 4.78 is 0. The number of para-hydroxylation sites is 1. The Morgan fingerprint density at radius 2 is 1.85 bits per heavy atom. The van der Waals surface area contributed by atoms with Crippen LogP contribution in [-0.2, 0) is 0 Å². The van der Waals surface area contributed by atoms with Gasteiger partial charge in [-0.25, -0.2) is 0 Å². The van der Waals surface area contributed by atoms with Crippen molar-refractivity contribution in [3.8, 4) is 0 Å². The highest BCUT2D eigenvalue weighted by atomic mass is 16.6.